The largest absolute Gasteiger partial charge is 0.495 e. The van der Waals surface area contributed by atoms with Crippen LogP contribution in [0.2, 0.25) is 15.1 Å². The van der Waals surface area contributed by atoms with Crippen molar-refractivity contribution in [1.82, 2.24) is 5.32 Å². The van der Waals surface area contributed by atoms with E-state index in [0.717, 1.165) is 11.3 Å². The van der Waals surface area contributed by atoms with Gasteiger partial charge in [0, 0.05) is 33.7 Å². The second kappa shape index (κ2) is 9.42. The molecule has 3 nitrogen and oxygen atoms in total. The Kier molecular flexibility index (Phi) is 7.56. The summed E-state index contributed by atoms with van der Waals surface area (Å²) in [4.78, 5) is 12.1. The van der Waals surface area contributed by atoms with Gasteiger partial charge in [0.25, 0.3) is 5.91 Å². The molecule has 7 heteroatoms. The third-order valence-corrected chi connectivity index (χ3v) is 5.24. The lowest BCUT2D eigenvalue weighted by Gasteiger charge is -2.09. The number of hydrogen-bond donors (Lipinski definition) is 1. The third kappa shape index (κ3) is 5.21. The molecule has 128 valence electrons. The zero-order chi connectivity index (χ0) is 17.5. The fourth-order valence-electron chi connectivity index (χ4n) is 1.99. The van der Waals surface area contributed by atoms with Gasteiger partial charge in [-0.05, 0) is 35.9 Å². The maximum absolute atomic E-state index is 12.1. The Morgan fingerprint density at radius 1 is 1.12 bits per heavy atom. The molecule has 0 aliphatic carbocycles. The minimum atomic E-state index is -0.170. The van der Waals surface area contributed by atoms with Gasteiger partial charge in [0.05, 0.1) is 12.1 Å². The van der Waals surface area contributed by atoms with Crippen molar-refractivity contribution < 1.29 is 9.53 Å². The molecule has 0 fully saturated rings. The Morgan fingerprint density at radius 2 is 1.83 bits per heavy atom. The van der Waals surface area contributed by atoms with Crippen molar-refractivity contribution in [3.05, 3.63) is 62.6 Å². The van der Waals surface area contributed by atoms with Gasteiger partial charge in [-0.2, -0.15) is 11.8 Å². The lowest BCUT2D eigenvalue weighted by Crippen LogP contribution is -2.25. The van der Waals surface area contributed by atoms with Gasteiger partial charge in [0.15, 0.2) is 0 Å². The van der Waals surface area contributed by atoms with Crippen LogP contribution < -0.4 is 10.1 Å². The summed E-state index contributed by atoms with van der Waals surface area (Å²) in [5.74, 6) is 1.82. The number of ether oxygens (including phenoxy) is 1. The summed E-state index contributed by atoms with van der Waals surface area (Å²) < 4.78 is 5.07. The molecule has 0 heterocycles. The van der Waals surface area contributed by atoms with Crippen molar-refractivity contribution in [3.63, 3.8) is 0 Å². The maximum Gasteiger partial charge on any atom is 0.251 e. The third-order valence-electron chi connectivity index (χ3n) is 3.25. The van der Waals surface area contributed by atoms with E-state index in [0.29, 0.717) is 38.7 Å². The monoisotopic (exact) mass is 403 g/mol. The normalized spacial score (nSPS) is 10.5. The van der Waals surface area contributed by atoms with Crippen molar-refractivity contribution in [2.45, 2.75) is 5.75 Å². The van der Waals surface area contributed by atoms with Gasteiger partial charge in [0.2, 0.25) is 0 Å². The molecule has 0 saturated heterocycles. The standard InChI is InChI=1S/C17H16Cl3NO2S/c1-23-16-6-5-11(9-15(16)20)17(22)21-7-8-24-10-12-13(18)3-2-4-14(12)19/h2-6,9H,7-8,10H2,1H3,(H,21,22). The number of benzene rings is 2. The summed E-state index contributed by atoms with van der Waals surface area (Å²) in [5, 5.41) is 4.58. The van der Waals surface area contributed by atoms with Crippen LogP contribution in [0.3, 0.4) is 0 Å². The van der Waals surface area contributed by atoms with Gasteiger partial charge in [0.1, 0.15) is 5.75 Å². The van der Waals surface area contributed by atoms with Crippen LogP contribution in [0.5, 0.6) is 5.75 Å². The lowest BCUT2D eigenvalue weighted by molar-refractivity contribution is 0.0956. The Morgan fingerprint density at radius 3 is 2.46 bits per heavy atom. The number of halogens is 3. The van der Waals surface area contributed by atoms with Crippen LogP contribution in [0.15, 0.2) is 36.4 Å². The summed E-state index contributed by atoms with van der Waals surface area (Å²) in [7, 11) is 1.53. The summed E-state index contributed by atoms with van der Waals surface area (Å²) in [5.41, 5.74) is 1.42. The van der Waals surface area contributed by atoms with E-state index in [-0.39, 0.29) is 5.91 Å². The smallest absolute Gasteiger partial charge is 0.251 e. The molecule has 0 aromatic heterocycles. The van der Waals surface area contributed by atoms with Gasteiger partial charge < -0.3 is 10.1 Å². The van der Waals surface area contributed by atoms with Gasteiger partial charge >= 0.3 is 0 Å². The number of rotatable bonds is 7. The van der Waals surface area contributed by atoms with E-state index in [1.165, 1.54) is 7.11 Å². The van der Waals surface area contributed by atoms with Crippen LogP contribution in [0.1, 0.15) is 15.9 Å². The predicted molar refractivity (Wildman–Crippen MR) is 103 cm³/mol. The Bertz CT molecular complexity index is 705. The van der Waals surface area contributed by atoms with E-state index in [4.69, 9.17) is 39.5 Å². The van der Waals surface area contributed by atoms with Gasteiger partial charge in [-0.15, -0.1) is 0 Å². The molecule has 1 N–H and O–H groups in total. The van der Waals surface area contributed by atoms with Crippen LogP contribution in [0, 0.1) is 0 Å². The van der Waals surface area contributed by atoms with Crippen molar-refractivity contribution in [2.75, 3.05) is 19.4 Å². The summed E-state index contributed by atoms with van der Waals surface area (Å²) in [6, 6.07) is 10.4. The average Bonchev–Trinajstić information content (AvgIpc) is 2.56. The van der Waals surface area contributed by atoms with Crippen LogP contribution in [-0.4, -0.2) is 25.3 Å². The second-order valence-corrected chi connectivity index (χ2v) is 7.18. The van der Waals surface area contributed by atoms with Crippen LogP contribution >= 0.6 is 46.6 Å². The van der Waals surface area contributed by atoms with Crippen LogP contribution in [0.25, 0.3) is 0 Å². The SMILES string of the molecule is COc1ccc(C(=O)NCCSCc2c(Cl)cccc2Cl)cc1Cl. The first-order chi connectivity index (χ1) is 11.5. The van der Waals surface area contributed by atoms with Crippen LogP contribution in [0.4, 0.5) is 0 Å². The highest BCUT2D eigenvalue weighted by Crippen LogP contribution is 2.28. The van der Waals surface area contributed by atoms with E-state index in [1.807, 2.05) is 18.2 Å². The quantitative estimate of drug-likeness (QED) is 0.635. The maximum atomic E-state index is 12.1. The first-order valence-electron chi connectivity index (χ1n) is 7.15. The summed E-state index contributed by atoms with van der Waals surface area (Å²) >= 11 is 19.9. The van der Waals surface area contributed by atoms with Crippen molar-refractivity contribution in [3.8, 4) is 5.75 Å². The van der Waals surface area contributed by atoms with Gasteiger partial charge in [-0.3, -0.25) is 4.79 Å². The minimum absolute atomic E-state index is 0.170. The second-order valence-electron chi connectivity index (χ2n) is 4.86. The number of amides is 1. The number of hydrogen-bond acceptors (Lipinski definition) is 3. The topological polar surface area (TPSA) is 38.3 Å². The molecular formula is C17H16Cl3NO2S. The highest BCUT2D eigenvalue weighted by atomic mass is 35.5. The lowest BCUT2D eigenvalue weighted by atomic mass is 10.2. The van der Waals surface area contributed by atoms with Gasteiger partial charge in [-0.25, -0.2) is 0 Å². The first-order valence-corrected chi connectivity index (χ1v) is 9.44. The van der Waals surface area contributed by atoms with Crippen molar-refractivity contribution >= 4 is 52.5 Å². The van der Waals surface area contributed by atoms with E-state index < -0.39 is 0 Å². The molecule has 2 rings (SSSR count). The molecule has 0 spiro atoms. The highest BCUT2D eigenvalue weighted by molar-refractivity contribution is 7.98. The Balaban J connectivity index is 1.78. The molecule has 2 aromatic rings. The van der Waals surface area contributed by atoms with E-state index in [9.17, 15) is 4.79 Å². The Hall–Kier alpha value is -1.07. The van der Waals surface area contributed by atoms with Gasteiger partial charge in [-0.1, -0.05) is 40.9 Å². The minimum Gasteiger partial charge on any atom is -0.495 e. The number of methoxy groups -OCH3 is 1. The Labute approximate surface area is 160 Å². The van der Waals surface area contributed by atoms with Crippen molar-refractivity contribution in [2.24, 2.45) is 0 Å². The van der Waals surface area contributed by atoms with E-state index in [2.05, 4.69) is 5.32 Å². The molecule has 1 amide bonds. The number of carbonyl (C=O) groups excluding carboxylic acids is 1. The summed E-state index contributed by atoms with van der Waals surface area (Å²) in [6.45, 7) is 0.537. The van der Waals surface area contributed by atoms with E-state index in [1.54, 1.807) is 30.0 Å². The molecule has 0 radical (unpaired) electrons. The van der Waals surface area contributed by atoms with Crippen LogP contribution in [-0.2, 0) is 5.75 Å². The molecule has 0 atom stereocenters. The molecule has 0 aliphatic heterocycles. The molecule has 0 unspecified atom stereocenters. The molecular weight excluding hydrogens is 389 g/mol. The number of thioether (sulfide) groups is 1. The molecule has 24 heavy (non-hydrogen) atoms. The number of carbonyl (C=O) groups is 1. The predicted octanol–water partition coefficient (Wildman–Crippen LogP) is 5.32. The van der Waals surface area contributed by atoms with Crippen molar-refractivity contribution in [1.29, 1.82) is 0 Å². The average molecular weight is 405 g/mol. The molecule has 0 saturated carbocycles. The fourth-order valence-corrected chi connectivity index (χ4v) is 3.84. The first kappa shape index (κ1) is 19.3. The highest BCUT2D eigenvalue weighted by Gasteiger charge is 2.09. The zero-order valence-electron chi connectivity index (χ0n) is 12.9. The molecule has 0 bridgehead atoms. The molecule has 2 aromatic carbocycles. The zero-order valence-corrected chi connectivity index (χ0v) is 16.0. The van der Waals surface area contributed by atoms with E-state index >= 15 is 0 Å². The summed E-state index contributed by atoms with van der Waals surface area (Å²) in [6.07, 6.45) is 0. The fraction of sp³-hybridized carbons (Fsp3) is 0.235. The molecule has 0 aliphatic rings. The number of nitrogens with one attached hydrogen (secondary N) is 1.